The highest BCUT2D eigenvalue weighted by Crippen LogP contribution is 2.43. The molecule has 0 aromatic heterocycles. The second kappa shape index (κ2) is 8.85. The summed E-state index contributed by atoms with van der Waals surface area (Å²) in [6, 6.07) is 13.0. The molecule has 1 saturated heterocycles. The Labute approximate surface area is 163 Å². The van der Waals surface area contributed by atoms with E-state index in [4.69, 9.17) is 10.1 Å². The van der Waals surface area contributed by atoms with Crippen LogP contribution in [0.5, 0.6) is 0 Å². The van der Waals surface area contributed by atoms with Crippen LogP contribution in [0.15, 0.2) is 42.5 Å². The van der Waals surface area contributed by atoms with Crippen LogP contribution in [0.3, 0.4) is 0 Å². The zero-order chi connectivity index (χ0) is 19.4. The molecule has 27 heavy (non-hydrogen) atoms. The van der Waals surface area contributed by atoms with Crippen molar-refractivity contribution in [3.8, 4) is 0 Å². The molecule has 1 aliphatic rings. The Kier molecular flexibility index (Phi) is 6.50. The van der Waals surface area contributed by atoms with Gasteiger partial charge in [-0.1, -0.05) is 42.3 Å². The van der Waals surface area contributed by atoms with Gasteiger partial charge in [0.25, 0.3) is 0 Å². The minimum atomic E-state index is -0.498. The third-order valence-corrected chi connectivity index (χ3v) is 6.43. The van der Waals surface area contributed by atoms with Crippen molar-refractivity contribution in [3.63, 3.8) is 0 Å². The van der Waals surface area contributed by atoms with Crippen LogP contribution in [0, 0.1) is 17.0 Å². The minimum Gasteiger partial charge on any atom is -0.484 e. The summed E-state index contributed by atoms with van der Waals surface area (Å²) in [5, 5.41) is 7.84. The van der Waals surface area contributed by atoms with Gasteiger partial charge >= 0.3 is 0 Å². The average Bonchev–Trinajstić information content (AvgIpc) is 2.68. The van der Waals surface area contributed by atoms with Gasteiger partial charge in [0, 0.05) is 23.4 Å². The Morgan fingerprint density at radius 3 is 2.52 bits per heavy atom. The Morgan fingerprint density at radius 2 is 1.81 bits per heavy atom. The largest absolute Gasteiger partial charge is 0.484 e. The lowest BCUT2D eigenvalue weighted by molar-refractivity contribution is 0.316. The Balaban J connectivity index is 1.75. The molecule has 144 valence electrons. The van der Waals surface area contributed by atoms with Crippen molar-refractivity contribution in [2.24, 2.45) is 0 Å². The number of methoxy groups -OCH3 is 1. The molecule has 0 amide bonds. The fourth-order valence-corrected chi connectivity index (χ4v) is 4.62. The molecule has 3 rings (SSSR count). The zero-order valence-corrected chi connectivity index (χ0v) is 16.4. The first kappa shape index (κ1) is 19.8. The van der Waals surface area contributed by atoms with E-state index in [1.165, 1.54) is 24.8 Å². The molecule has 1 aliphatic heterocycles. The molecular formula is C21H24F2N2OS. The second-order valence-electron chi connectivity index (χ2n) is 6.85. The van der Waals surface area contributed by atoms with Gasteiger partial charge in [-0.2, -0.15) is 0 Å². The van der Waals surface area contributed by atoms with Crippen molar-refractivity contribution in [2.45, 2.75) is 44.0 Å². The Hall–Kier alpha value is -1.92. The van der Waals surface area contributed by atoms with E-state index in [9.17, 15) is 8.78 Å². The van der Waals surface area contributed by atoms with E-state index in [2.05, 4.69) is 23.4 Å². The Morgan fingerprint density at radius 1 is 1.15 bits per heavy atom. The molecule has 0 aliphatic carbocycles. The van der Waals surface area contributed by atoms with E-state index < -0.39 is 11.6 Å². The van der Waals surface area contributed by atoms with Gasteiger partial charge in [0.2, 0.25) is 0 Å². The normalized spacial score (nSPS) is 20.4. The number of benzene rings is 2. The predicted molar refractivity (Wildman–Crippen MR) is 106 cm³/mol. The van der Waals surface area contributed by atoms with E-state index in [1.807, 2.05) is 18.2 Å². The molecule has 2 aromatic carbocycles. The number of hydrogen-bond acceptors (Lipinski definition) is 4. The summed E-state index contributed by atoms with van der Waals surface area (Å²) < 4.78 is 35.8. The molecule has 1 fully saturated rings. The van der Waals surface area contributed by atoms with E-state index >= 15 is 0 Å². The van der Waals surface area contributed by atoms with Crippen LogP contribution < -0.4 is 0 Å². The van der Waals surface area contributed by atoms with E-state index in [0.29, 0.717) is 23.4 Å². The highest BCUT2D eigenvalue weighted by atomic mass is 32.2. The predicted octanol–water partition coefficient (Wildman–Crippen LogP) is 5.50. The minimum absolute atomic E-state index is 0.0511. The number of ether oxygens (including phenoxy) is 1. The van der Waals surface area contributed by atoms with Crippen molar-refractivity contribution in [1.82, 2.24) is 4.31 Å². The van der Waals surface area contributed by atoms with Crippen LogP contribution in [0.2, 0.25) is 0 Å². The molecule has 2 aromatic rings. The number of nitrogens with zero attached hydrogens (tertiary/aromatic N) is 1. The maximum atomic E-state index is 14.6. The smallest absolute Gasteiger partial charge is 0.184 e. The van der Waals surface area contributed by atoms with Crippen molar-refractivity contribution in [3.05, 3.63) is 70.8 Å². The van der Waals surface area contributed by atoms with Crippen LogP contribution in [-0.2, 0) is 17.7 Å². The van der Waals surface area contributed by atoms with Crippen molar-refractivity contribution < 1.29 is 13.5 Å². The summed E-state index contributed by atoms with van der Waals surface area (Å²) in [5.41, 5.74) is 1.75. The summed E-state index contributed by atoms with van der Waals surface area (Å²) in [7, 11) is 1.35. The molecule has 1 N–H and O–H groups in total. The van der Waals surface area contributed by atoms with E-state index in [1.54, 1.807) is 11.9 Å². The lowest BCUT2D eigenvalue weighted by atomic mass is 10.0. The first-order valence-corrected chi connectivity index (χ1v) is 9.88. The van der Waals surface area contributed by atoms with Gasteiger partial charge in [-0.3, -0.25) is 5.41 Å². The van der Waals surface area contributed by atoms with E-state index in [-0.39, 0.29) is 17.9 Å². The second-order valence-corrected chi connectivity index (χ2v) is 8.09. The summed E-state index contributed by atoms with van der Waals surface area (Å²) in [5.74, 6) is -1.03. The molecule has 0 spiro atoms. The van der Waals surface area contributed by atoms with Crippen LogP contribution in [0.1, 0.15) is 41.7 Å². The molecule has 3 nitrogen and oxygen atoms in total. The molecule has 0 bridgehead atoms. The van der Waals surface area contributed by atoms with Crippen LogP contribution >= 0.6 is 11.9 Å². The summed E-state index contributed by atoms with van der Waals surface area (Å²) in [6.45, 7) is 2.47. The number of nitrogens with one attached hydrogen (secondary N) is 1. The third kappa shape index (κ3) is 4.87. The molecule has 2 atom stereocenters. The zero-order valence-electron chi connectivity index (χ0n) is 15.5. The molecule has 6 heteroatoms. The van der Waals surface area contributed by atoms with Crippen molar-refractivity contribution in [1.29, 1.82) is 5.41 Å². The lowest BCUT2D eigenvalue weighted by Gasteiger charge is -2.37. The van der Waals surface area contributed by atoms with Crippen LogP contribution in [-0.4, -0.2) is 23.4 Å². The maximum absolute atomic E-state index is 14.6. The SMILES string of the molecule is COC(=N)Cc1cc(F)c(CN2SC(c3ccccc3)CC[C@@H]2C)cc1F. The quantitative estimate of drug-likeness (QED) is 0.416. The van der Waals surface area contributed by atoms with Gasteiger partial charge in [0.15, 0.2) is 5.90 Å². The first-order chi connectivity index (χ1) is 13.0. The van der Waals surface area contributed by atoms with Crippen molar-refractivity contribution >= 4 is 17.8 Å². The Bertz CT molecular complexity index is 800. The highest BCUT2D eigenvalue weighted by Gasteiger charge is 2.28. The fraction of sp³-hybridized carbons (Fsp3) is 0.381. The van der Waals surface area contributed by atoms with Gasteiger partial charge < -0.3 is 4.74 Å². The highest BCUT2D eigenvalue weighted by molar-refractivity contribution is 7.97. The summed E-state index contributed by atoms with van der Waals surface area (Å²) in [4.78, 5) is 0. The van der Waals surface area contributed by atoms with Crippen LogP contribution in [0.25, 0.3) is 0 Å². The summed E-state index contributed by atoms with van der Waals surface area (Å²) in [6.07, 6.45) is 2.03. The fourth-order valence-electron chi connectivity index (χ4n) is 3.24. The number of hydrogen-bond donors (Lipinski definition) is 1. The summed E-state index contributed by atoms with van der Waals surface area (Å²) >= 11 is 1.71. The average molecular weight is 390 g/mol. The first-order valence-electron chi connectivity index (χ1n) is 9.04. The molecular weight excluding hydrogens is 366 g/mol. The maximum Gasteiger partial charge on any atom is 0.184 e. The monoisotopic (exact) mass is 390 g/mol. The van der Waals surface area contributed by atoms with Crippen molar-refractivity contribution in [2.75, 3.05) is 7.11 Å². The standard InChI is InChI=1S/C21H24F2N2OS/c1-14-8-9-20(15-6-4-3-5-7-15)27-25(14)13-17-11-18(22)16(10-19(17)23)12-21(24)26-2/h3-7,10-11,14,20,24H,8-9,12-13H2,1-2H3/t14-,20?/m0/s1. The molecule has 1 unspecified atom stereocenters. The van der Waals surface area contributed by atoms with E-state index in [0.717, 1.165) is 12.8 Å². The van der Waals surface area contributed by atoms with Gasteiger partial charge in [-0.05, 0) is 43.0 Å². The van der Waals surface area contributed by atoms with Gasteiger partial charge in [-0.25, -0.2) is 13.1 Å². The van der Waals surface area contributed by atoms with Gasteiger partial charge in [0.05, 0.1) is 13.5 Å². The number of halogens is 2. The molecule has 0 radical (unpaired) electrons. The molecule has 0 saturated carbocycles. The third-order valence-electron chi connectivity index (χ3n) is 4.91. The lowest BCUT2D eigenvalue weighted by Crippen LogP contribution is -2.32. The van der Waals surface area contributed by atoms with Gasteiger partial charge in [-0.15, -0.1) is 0 Å². The van der Waals surface area contributed by atoms with Crippen LogP contribution in [0.4, 0.5) is 8.78 Å². The van der Waals surface area contributed by atoms with Gasteiger partial charge in [0.1, 0.15) is 11.6 Å². The molecule has 1 heterocycles. The topological polar surface area (TPSA) is 36.3 Å². The number of rotatable bonds is 5.